The van der Waals surface area contributed by atoms with Gasteiger partial charge in [-0.05, 0) is 24.0 Å². The van der Waals surface area contributed by atoms with Gasteiger partial charge in [0.05, 0.1) is 4.88 Å². The van der Waals surface area contributed by atoms with Crippen molar-refractivity contribution in [2.24, 2.45) is 0 Å². The van der Waals surface area contributed by atoms with Crippen molar-refractivity contribution in [1.29, 1.82) is 0 Å². The van der Waals surface area contributed by atoms with E-state index in [1.807, 2.05) is 24.6 Å². The van der Waals surface area contributed by atoms with Crippen LogP contribution in [0.2, 0.25) is 0 Å². The predicted molar refractivity (Wildman–Crippen MR) is 61.0 cm³/mol. The maximum Gasteiger partial charge on any atom is 0.150 e. The highest BCUT2D eigenvalue weighted by molar-refractivity contribution is 8.00. The van der Waals surface area contributed by atoms with Crippen molar-refractivity contribution >= 4 is 23.1 Å². The molecule has 2 nitrogen and oxygen atoms in total. The number of thiazole rings is 1. The van der Waals surface area contributed by atoms with E-state index < -0.39 is 0 Å². The Bertz CT molecular complexity index is 439. The summed E-state index contributed by atoms with van der Waals surface area (Å²) < 4.78 is 1.04. The van der Waals surface area contributed by atoms with Crippen molar-refractivity contribution in [3.05, 3.63) is 30.5 Å². The second kappa shape index (κ2) is 4.02. The third-order valence-corrected chi connectivity index (χ3v) is 3.84. The highest BCUT2D eigenvalue weighted by atomic mass is 32.2. The van der Waals surface area contributed by atoms with Gasteiger partial charge in [0.2, 0.25) is 0 Å². The van der Waals surface area contributed by atoms with Gasteiger partial charge in [0.25, 0.3) is 0 Å². The number of aromatic hydroxyl groups is 1. The summed E-state index contributed by atoms with van der Waals surface area (Å²) in [6.45, 7) is 0. The summed E-state index contributed by atoms with van der Waals surface area (Å²) in [5.41, 5.74) is 1.02. The van der Waals surface area contributed by atoms with Gasteiger partial charge in [0.15, 0.2) is 0 Å². The molecule has 0 aliphatic heterocycles. The van der Waals surface area contributed by atoms with Crippen molar-refractivity contribution in [2.75, 3.05) is 6.26 Å². The zero-order chi connectivity index (χ0) is 9.97. The molecule has 1 aromatic heterocycles. The van der Waals surface area contributed by atoms with Gasteiger partial charge in [-0.2, -0.15) is 0 Å². The van der Waals surface area contributed by atoms with E-state index in [4.69, 9.17) is 0 Å². The molecule has 4 heteroatoms. The lowest BCUT2D eigenvalue weighted by Gasteiger charge is -1.96. The lowest BCUT2D eigenvalue weighted by molar-refractivity contribution is 0.475. The first kappa shape index (κ1) is 9.55. The van der Waals surface area contributed by atoms with Gasteiger partial charge in [-0.3, -0.25) is 0 Å². The third kappa shape index (κ3) is 1.91. The Labute approximate surface area is 90.6 Å². The maximum atomic E-state index is 9.32. The van der Waals surface area contributed by atoms with Gasteiger partial charge in [0.1, 0.15) is 10.1 Å². The van der Waals surface area contributed by atoms with Crippen LogP contribution in [0.3, 0.4) is 0 Å². The molecular weight excluding hydrogens is 214 g/mol. The van der Waals surface area contributed by atoms with E-state index in [0.29, 0.717) is 5.75 Å². The number of phenols is 1. The number of hydrogen-bond acceptors (Lipinski definition) is 4. The van der Waals surface area contributed by atoms with E-state index in [1.165, 1.54) is 0 Å². The van der Waals surface area contributed by atoms with Crippen LogP contribution in [0, 0.1) is 0 Å². The van der Waals surface area contributed by atoms with E-state index in [2.05, 4.69) is 4.98 Å². The van der Waals surface area contributed by atoms with E-state index in [1.54, 1.807) is 35.2 Å². The van der Waals surface area contributed by atoms with Crippen molar-refractivity contribution < 1.29 is 5.11 Å². The smallest absolute Gasteiger partial charge is 0.150 e. The Kier molecular flexibility index (Phi) is 2.74. The number of nitrogens with zero attached hydrogens (tertiary/aromatic N) is 1. The van der Waals surface area contributed by atoms with Crippen molar-refractivity contribution in [3.63, 3.8) is 0 Å². The van der Waals surface area contributed by atoms with E-state index >= 15 is 0 Å². The molecule has 2 rings (SSSR count). The van der Waals surface area contributed by atoms with Crippen LogP contribution in [-0.4, -0.2) is 16.3 Å². The summed E-state index contributed by atoms with van der Waals surface area (Å²) in [4.78, 5) is 5.33. The minimum Gasteiger partial charge on any atom is -0.508 e. The lowest BCUT2D eigenvalue weighted by Crippen LogP contribution is -1.70. The minimum atomic E-state index is 0.293. The average Bonchev–Trinajstić information content (AvgIpc) is 2.66. The van der Waals surface area contributed by atoms with Gasteiger partial charge in [0, 0.05) is 6.20 Å². The Morgan fingerprint density at radius 2 is 2.29 bits per heavy atom. The largest absolute Gasteiger partial charge is 0.508 e. The molecule has 72 valence electrons. The average molecular weight is 223 g/mol. The molecule has 1 aromatic carbocycles. The molecule has 0 saturated heterocycles. The topological polar surface area (TPSA) is 33.1 Å². The molecule has 0 radical (unpaired) electrons. The fraction of sp³-hybridized carbons (Fsp3) is 0.100. The molecule has 0 atom stereocenters. The highest BCUT2D eigenvalue weighted by Gasteiger charge is 2.03. The van der Waals surface area contributed by atoms with Crippen LogP contribution < -0.4 is 0 Å². The number of rotatable bonds is 2. The molecule has 14 heavy (non-hydrogen) atoms. The molecule has 0 fully saturated rings. The van der Waals surface area contributed by atoms with Crippen LogP contribution in [0.15, 0.2) is 34.8 Å². The standard InChI is InChI=1S/C10H9NOS2/c1-13-10-11-6-9(14-10)7-3-2-4-8(12)5-7/h2-6,12H,1H3. The Morgan fingerprint density at radius 1 is 1.43 bits per heavy atom. The van der Waals surface area contributed by atoms with Crippen LogP contribution in [0.25, 0.3) is 10.4 Å². The molecule has 0 aliphatic carbocycles. The van der Waals surface area contributed by atoms with Crippen LogP contribution >= 0.6 is 23.1 Å². The number of aromatic nitrogens is 1. The van der Waals surface area contributed by atoms with E-state index in [-0.39, 0.29) is 0 Å². The summed E-state index contributed by atoms with van der Waals surface area (Å²) in [5.74, 6) is 0.293. The molecule has 0 unspecified atom stereocenters. The summed E-state index contributed by atoms with van der Waals surface area (Å²) in [7, 11) is 0. The number of benzene rings is 1. The molecule has 1 N–H and O–H groups in total. The van der Waals surface area contributed by atoms with Crippen LogP contribution in [-0.2, 0) is 0 Å². The maximum absolute atomic E-state index is 9.32. The van der Waals surface area contributed by atoms with Crippen molar-refractivity contribution in [2.45, 2.75) is 4.34 Å². The van der Waals surface area contributed by atoms with Crippen molar-refractivity contribution in [1.82, 2.24) is 4.98 Å². The van der Waals surface area contributed by atoms with Gasteiger partial charge in [-0.25, -0.2) is 4.98 Å². The Balaban J connectivity index is 2.39. The summed E-state index contributed by atoms with van der Waals surface area (Å²) in [5, 5.41) is 9.32. The normalized spacial score (nSPS) is 10.4. The van der Waals surface area contributed by atoms with E-state index in [0.717, 1.165) is 14.8 Å². The van der Waals surface area contributed by atoms with E-state index in [9.17, 15) is 5.11 Å². The third-order valence-electron chi connectivity index (χ3n) is 1.79. The van der Waals surface area contributed by atoms with Gasteiger partial charge >= 0.3 is 0 Å². The molecule has 0 amide bonds. The van der Waals surface area contributed by atoms with Gasteiger partial charge in [-0.15, -0.1) is 11.3 Å². The fourth-order valence-corrected chi connectivity index (χ4v) is 2.55. The van der Waals surface area contributed by atoms with Crippen LogP contribution in [0.5, 0.6) is 5.75 Å². The van der Waals surface area contributed by atoms with Crippen LogP contribution in [0.4, 0.5) is 0 Å². The quantitative estimate of drug-likeness (QED) is 0.793. The minimum absolute atomic E-state index is 0.293. The van der Waals surface area contributed by atoms with Gasteiger partial charge in [-0.1, -0.05) is 23.9 Å². The zero-order valence-corrected chi connectivity index (χ0v) is 9.23. The molecule has 1 heterocycles. The molecular formula is C10H9NOS2. The van der Waals surface area contributed by atoms with Crippen LogP contribution in [0.1, 0.15) is 0 Å². The molecule has 0 saturated carbocycles. The fourth-order valence-electron chi connectivity index (χ4n) is 1.15. The highest BCUT2D eigenvalue weighted by Crippen LogP contribution is 2.31. The molecule has 0 spiro atoms. The predicted octanol–water partition coefficient (Wildman–Crippen LogP) is 3.24. The molecule has 0 aliphatic rings. The molecule has 0 bridgehead atoms. The number of phenolic OH excluding ortho intramolecular Hbond substituents is 1. The van der Waals surface area contributed by atoms with Crippen molar-refractivity contribution in [3.8, 4) is 16.2 Å². The molecule has 2 aromatic rings. The number of hydrogen-bond donors (Lipinski definition) is 1. The summed E-state index contributed by atoms with van der Waals surface area (Å²) in [6, 6.07) is 7.22. The second-order valence-corrected chi connectivity index (χ2v) is 4.83. The SMILES string of the molecule is CSc1ncc(-c2cccc(O)c2)s1. The first-order valence-electron chi connectivity index (χ1n) is 4.09. The Morgan fingerprint density at radius 3 is 2.93 bits per heavy atom. The summed E-state index contributed by atoms with van der Waals surface area (Å²) in [6.07, 6.45) is 3.84. The summed E-state index contributed by atoms with van der Waals surface area (Å²) >= 11 is 3.27. The monoisotopic (exact) mass is 223 g/mol. The first-order valence-corrected chi connectivity index (χ1v) is 6.13. The zero-order valence-electron chi connectivity index (χ0n) is 7.60. The Hall–Kier alpha value is -1.00. The first-order chi connectivity index (χ1) is 6.79. The van der Waals surface area contributed by atoms with Gasteiger partial charge < -0.3 is 5.11 Å². The number of thioether (sulfide) groups is 1. The lowest BCUT2D eigenvalue weighted by atomic mass is 10.2. The second-order valence-electron chi connectivity index (χ2n) is 2.74.